The van der Waals surface area contributed by atoms with Crippen molar-refractivity contribution in [1.82, 2.24) is 9.21 Å². The van der Waals surface area contributed by atoms with Crippen LogP contribution in [0.1, 0.15) is 42.4 Å². The third kappa shape index (κ3) is 4.53. The van der Waals surface area contributed by atoms with E-state index in [1.807, 2.05) is 18.2 Å². The number of piperidine rings is 1. The van der Waals surface area contributed by atoms with Crippen LogP contribution < -0.4 is 0 Å². The molecule has 2 saturated heterocycles. The van der Waals surface area contributed by atoms with Gasteiger partial charge in [0.1, 0.15) is 0 Å². The average Bonchev–Trinajstić information content (AvgIpc) is 3.35. The van der Waals surface area contributed by atoms with Gasteiger partial charge in [-0.05, 0) is 79.8 Å². The van der Waals surface area contributed by atoms with Crippen LogP contribution in [0.2, 0.25) is 0 Å². The lowest BCUT2D eigenvalue weighted by atomic mass is 9.75. The molecule has 0 saturated carbocycles. The third-order valence-corrected chi connectivity index (χ3v) is 10.8. The summed E-state index contributed by atoms with van der Waals surface area (Å²) in [5.41, 5.74) is 4.20. The van der Waals surface area contributed by atoms with Crippen molar-refractivity contribution >= 4 is 10.0 Å². The molecule has 2 fully saturated rings. The number of fused-ring (bicyclic) bond motifs is 2. The van der Waals surface area contributed by atoms with Crippen molar-refractivity contribution in [1.29, 1.82) is 0 Å². The van der Waals surface area contributed by atoms with E-state index >= 15 is 0 Å². The summed E-state index contributed by atoms with van der Waals surface area (Å²) in [6, 6.07) is 29.2. The van der Waals surface area contributed by atoms with E-state index in [4.69, 9.17) is 0 Å². The van der Waals surface area contributed by atoms with Gasteiger partial charge in [-0.2, -0.15) is 4.31 Å². The second-order valence-corrected chi connectivity index (χ2v) is 13.0. The van der Waals surface area contributed by atoms with Crippen molar-refractivity contribution in [2.45, 2.75) is 54.9 Å². The second kappa shape index (κ2) is 9.77. The molecule has 4 aliphatic rings. The fourth-order valence-electron chi connectivity index (χ4n) is 6.89. The number of sulfonamides is 1. The molecule has 36 heavy (non-hydrogen) atoms. The standard InChI is InChI=1S/C31H36N2O2S/c34-36(35,30-13-5-2-6-14-30)33-20-18-31(24-33,28-11-3-1-4-12-28)17-19-32-23-25-15-16-29(32)22-27-10-8-7-9-26(27)21-25/h1-14,25,29H,15-24H2/t25?,29-,31?/m1/s1. The Morgan fingerprint density at radius 3 is 2.22 bits per heavy atom. The highest BCUT2D eigenvalue weighted by Crippen LogP contribution is 2.41. The van der Waals surface area contributed by atoms with Gasteiger partial charge in [0, 0.05) is 31.1 Å². The van der Waals surface area contributed by atoms with Crippen LogP contribution in [0.5, 0.6) is 0 Å². The summed E-state index contributed by atoms with van der Waals surface area (Å²) in [5, 5.41) is 0. The molecule has 3 aromatic rings. The largest absolute Gasteiger partial charge is 0.300 e. The van der Waals surface area contributed by atoms with Crippen LogP contribution in [0, 0.1) is 5.92 Å². The lowest BCUT2D eigenvalue weighted by Crippen LogP contribution is -2.48. The first-order chi connectivity index (χ1) is 17.5. The predicted octanol–water partition coefficient (Wildman–Crippen LogP) is 5.29. The molecule has 4 nitrogen and oxygen atoms in total. The Kier molecular flexibility index (Phi) is 6.49. The molecule has 5 heteroatoms. The van der Waals surface area contributed by atoms with Crippen LogP contribution >= 0.6 is 0 Å². The molecule has 3 atom stereocenters. The van der Waals surface area contributed by atoms with Gasteiger partial charge >= 0.3 is 0 Å². The van der Waals surface area contributed by atoms with Gasteiger partial charge in [-0.25, -0.2) is 8.42 Å². The molecule has 2 unspecified atom stereocenters. The quantitative estimate of drug-likeness (QED) is 0.462. The fourth-order valence-corrected chi connectivity index (χ4v) is 8.44. The molecule has 3 aliphatic heterocycles. The molecular weight excluding hydrogens is 464 g/mol. The zero-order valence-electron chi connectivity index (χ0n) is 20.9. The maximum Gasteiger partial charge on any atom is 0.243 e. The zero-order chi connectivity index (χ0) is 24.6. The van der Waals surface area contributed by atoms with Gasteiger partial charge in [-0.3, -0.25) is 4.90 Å². The van der Waals surface area contributed by atoms with Gasteiger partial charge in [-0.15, -0.1) is 0 Å². The minimum Gasteiger partial charge on any atom is -0.300 e. The lowest BCUT2D eigenvalue weighted by molar-refractivity contribution is 0.0920. The van der Waals surface area contributed by atoms with E-state index in [-0.39, 0.29) is 5.41 Å². The van der Waals surface area contributed by atoms with Crippen molar-refractivity contribution in [2.75, 3.05) is 26.2 Å². The Morgan fingerprint density at radius 2 is 1.47 bits per heavy atom. The van der Waals surface area contributed by atoms with Gasteiger partial charge in [0.15, 0.2) is 0 Å². The highest BCUT2D eigenvalue weighted by atomic mass is 32.2. The molecule has 3 aromatic carbocycles. The van der Waals surface area contributed by atoms with Crippen molar-refractivity contribution in [2.24, 2.45) is 5.92 Å². The highest BCUT2D eigenvalue weighted by Gasteiger charge is 2.44. The second-order valence-electron chi connectivity index (χ2n) is 11.1. The van der Waals surface area contributed by atoms with E-state index in [1.54, 1.807) is 22.0 Å². The Labute approximate surface area is 216 Å². The lowest BCUT2D eigenvalue weighted by Gasteiger charge is -2.44. The maximum atomic E-state index is 13.5. The van der Waals surface area contributed by atoms with Gasteiger partial charge in [0.25, 0.3) is 0 Å². The molecule has 3 heterocycles. The molecule has 0 spiro atoms. The third-order valence-electron chi connectivity index (χ3n) is 8.96. The zero-order valence-corrected chi connectivity index (χ0v) is 21.7. The summed E-state index contributed by atoms with van der Waals surface area (Å²) < 4.78 is 28.7. The predicted molar refractivity (Wildman–Crippen MR) is 144 cm³/mol. The van der Waals surface area contributed by atoms with Crippen LogP contribution in [-0.4, -0.2) is 49.8 Å². The smallest absolute Gasteiger partial charge is 0.243 e. The molecule has 0 aromatic heterocycles. The van der Waals surface area contributed by atoms with E-state index < -0.39 is 10.0 Å². The number of hydrogen-bond acceptors (Lipinski definition) is 3. The molecule has 0 radical (unpaired) electrons. The molecule has 1 aliphatic carbocycles. The SMILES string of the molecule is O=S(=O)(c1ccccc1)N1CCC(CCN2CC3CC[C@@H]2Cc2ccccc2C3)(c2ccccc2)C1. The minimum atomic E-state index is -3.49. The summed E-state index contributed by atoms with van der Waals surface area (Å²) in [5.74, 6) is 0.717. The Bertz CT molecular complexity index is 1290. The first-order valence-electron chi connectivity index (χ1n) is 13.5. The van der Waals surface area contributed by atoms with Crippen LogP contribution in [0.4, 0.5) is 0 Å². The molecule has 0 N–H and O–H groups in total. The van der Waals surface area contributed by atoms with E-state index in [2.05, 4.69) is 59.5 Å². The van der Waals surface area contributed by atoms with E-state index in [1.165, 1.54) is 30.4 Å². The number of hydrogen-bond donors (Lipinski definition) is 0. The first-order valence-corrected chi connectivity index (χ1v) is 14.9. The first kappa shape index (κ1) is 23.9. The molecular formula is C31H36N2O2S. The summed E-state index contributed by atoms with van der Waals surface area (Å²) in [6.45, 7) is 3.32. The summed E-state index contributed by atoms with van der Waals surface area (Å²) in [6.07, 6.45) is 6.77. The van der Waals surface area contributed by atoms with Crippen molar-refractivity contribution in [3.63, 3.8) is 0 Å². The van der Waals surface area contributed by atoms with Gasteiger partial charge < -0.3 is 0 Å². The van der Waals surface area contributed by atoms with Crippen LogP contribution in [0.3, 0.4) is 0 Å². The van der Waals surface area contributed by atoms with Gasteiger partial charge in [0.2, 0.25) is 10.0 Å². The number of nitrogens with zero attached hydrogens (tertiary/aromatic N) is 2. The fraction of sp³-hybridized carbons (Fsp3) is 0.419. The normalized spacial score (nSPS) is 26.9. The Hall–Kier alpha value is -2.47. The summed E-state index contributed by atoms with van der Waals surface area (Å²) in [7, 11) is -3.49. The number of rotatable bonds is 6. The maximum absolute atomic E-state index is 13.5. The average molecular weight is 501 g/mol. The summed E-state index contributed by atoms with van der Waals surface area (Å²) >= 11 is 0. The number of benzene rings is 3. The Morgan fingerprint density at radius 1 is 0.806 bits per heavy atom. The highest BCUT2D eigenvalue weighted by molar-refractivity contribution is 7.89. The van der Waals surface area contributed by atoms with Gasteiger partial charge in [0.05, 0.1) is 4.90 Å². The topological polar surface area (TPSA) is 40.6 Å². The van der Waals surface area contributed by atoms with Crippen molar-refractivity contribution in [3.05, 3.63) is 102 Å². The molecule has 0 amide bonds. The molecule has 188 valence electrons. The van der Waals surface area contributed by atoms with E-state index in [9.17, 15) is 8.42 Å². The van der Waals surface area contributed by atoms with Crippen molar-refractivity contribution in [3.8, 4) is 0 Å². The van der Waals surface area contributed by atoms with Crippen molar-refractivity contribution < 1.29 is 8.42 Å². The molecule has 2 bridgehead atoms. The Balaban J connectivity index is 1.24. The van der Waals surface area contributed by atoms with E-state index in [0.29, 0.717) is 29.9 Å². The van der Waals surface area contributed by atoms with Crippen LogP contribution in [0.25, 0.3) is 0 Å². The van der Waals surface area contributed by atoms with Gasteiger partial charge in [-0.1, -0.05) is 72.8 Å². The molecule has 7 rings (SSSR count). The van der Waals surface area contributed by atoms with E-state index in [0.717, 1.165) is 32.4 Å². The van der Waals surface area contributed by atoms with Crippen LogP contribution in [-0.2, 0) is 28.3 Å². The summed E-state index contributed by atoms with van der Waals surface area (Å²) in [4.78, 5) is 3.14. The van der Waals surface area contributed by atoms with Crippen LogP contribution in [0.15, 0.2) is 89.8 Å². The minimum absolute atomic E-state index is 0.150. The monoisotopic (exact) mass is 500 g/mol.